The molecule has 0 spiro atoms. The van der Waals surface area contributed by atoms with Gasteiger partial charge in [-0.25, -0.2) is 4.98 Å². The lowest BCUT2D eigenvalue weighted by atomic mass is 9.90. The maximum atomic E-state index is 10.6. The third kappa shape index (κ3) is 3.21. The van der Waals surface area contributed by atoms with Crippen LogP contribution in [0.5, 0.6) is 0 Å². The Kier molecular flexibility index (Phi) is 3.62. The molecule has 0 N–H and O–H groups in total. The molecule has 1 aromatic heterocycles. The van der Waals surface area contributed by atoms with Crippen LogP contribution in [0.3, 0.4) is 0 Å². The summed E-state index contributed by atoms with van der Waals surface area (Å²) in [5, 5.41) is 8.83. The molecular weight excluding hydrogens is 190 g/mol. The summed E-state index contributed by atoms with van der Waals surface area (Å²) in [5.41, 5.74) is -0.290. The molecule has 0 saturated carbocycles. The molecule has 0 radical (unpaired) electrons. The molecule has 0 aromatic carbocycles. The van der Waals surface area contributed by atoms with E-state index in [0.717, 1.165) is 25.7 Å². The lowest BCUT2D eigenvalue weighted by Crippen LogP contribution is -2.10. The van der Waals surface area contributed by atoms with E-state index < -0.39 is 0 Å². The van der Waals surface area contributed by atoms with E-state index >= 15 is 0 Å². The van der Waals surface area contributed by atoms with E-state index in [0.29, 0.717) is 5.82 Å². The smallest absolute Gasteiger partial charge is 0.185 e. The molecule has 1 rings (SSSR count). The van der Waals surface area contributed by atoms with Gasteiger partial charge in [0.1, 0.15) is 0 Å². The quantitative estimate of drug-likeness (QED) is 0.691. The molecule has 0 amide bonds. The Labute approximate surface area is 89.5 Å². The number of hydrogen-bond donors (Lipinski definition) is 0. The average molecular weight is 205 g/mol. The lowest BCUT2D eigenvalue weighted by molar-refractivity contribution is 0.111. The van der Waals surface area contributed by atoms with Crippen molar-refractivity contribution in [2.45, 2.75) is 33.2 Å². The van der Waals surface area contributed by atoms with Gasteiger partial charge in [-0.1, -0.05) is 0 Å². The first kappa shape index (κ1) is 11.4. The minimum absolute atomic E-state index is 0.290. The predicted octanol–water partition coefficient (Wildman–Crippen LogP) is 2.03. The zero-order valence-corrected chi connectivity index (χ0v) is 9.10. The first-order valence-electron chi connectivity index (χ1n) is 4.96. The number of rotatable bonds is 5. The van der Waals surface area contributed by atoms with Crippen LogP contribution in [0.1, 0.15) is 37.3 Å². The summed E-state index contributed by atoms with van der Waals surface area (Å²) in [6, 6.07) is 2.26. The van der Waals surface area contributed by atoms with Crippen LogP contribution < -0.4 is 0 Å². The summed E-state index contributed by atoms with van der Waals surface area (Å²) in [6.07, 6.45) is 5.83. The minimum Gasteiger partial charge on any atom is -0.329 e. The Bertz CT molecular complexity index is 373. The summed E-state index contributed by atoms with van der Waals surface area (Å²) >= 11 is 0. The molecule has 1 heterocycles. The van der Waals surface area contributed by atoms with Crippen LogP contribution in [0, 0.1) is 16.7 Å². The molecule has 0 fully saturated rings. The highest BCUT2D eigenvalue weighted by Crippen LogP contribution is 2.21. The molecule has 0 unspecified atom stereocenters. The second kappa shape index (κ2) is 4.74. The van der Waals surface area contributed by atoms with Crippen molar-refractivity contribution in [3.05, 3.63) is 18.2 Å². The van der Waals surface area contributed by atoms with Gasteiger partial charge in [0.15, 0.2) is 12.1 Å². The van der Waals surface area contributed by atoms with E-state index in [9.17, 15) is 4.79 Å². The SMILES string of the molecule is CC(C)(C#N)CCCn1ccnc1C=O. The molecule has 4 nitrogen and oxygen atoms in total. The second-order valence-corrected chi connectivity index (χ2v) is 4.20. The number of nitriles is 1. The van der Waals surface area contributed by atoms with Crippen LogP contribution in [0.2, 0.25) is 0 Å². The van der Waals surface area contributed by atoms with Crippen molar-refractivity contribution in [3.8, 4) is 6.07 Å². The lowest BCUT2D eigenvalue weighted by Gasteiger charge is -2.14. The first-order chi connectivity index (χ1) is 7.09. The van der Waals surface area contributed by atoms with Crippen molar-refractivity contribution in [2.75, 3.05) is 0 Å². The Morgan fingerprint density at radius 1 is 1.67 bits per heavy atom. The molecule has 1 aromatic rings. The third-order valence-electron chi connectivity index (χ3n) is 2.36. The van der Waals surface area contributed by atoms with Gasteiger partial charge in [-0.15, -0.1) is 0 Å². The van der Waals surface area contributed by atoms with E-state index in [4.69, 9.17) is 5.26 Å². The van der Waals surface area contributed by atoms with Crippen LogP contribution >= 0.6 is 0 Å². The number of aldehydes is 1. The fourth-order valence-electron chi connectivity index (χ4n) is 1.38. The van der Waals surface area contributed by atoms with E-state index in [2.05, 4.69) is 11.1 Å². The number of imidazole rings is 1. The van der Waals surface area contributed by atoms with Crippen LogP contribution in [-0.2, 0) is 6.54 Å². The normalized spacial score (nSPS) is 11.0. The molecule has 0 saturated heterocycles. The standard InChI is InChI=1S/C11H15N3O/c1-11(2,9-12)4-3-6-14-7-5-13-10(14)8-15/h5,7-8H,3-4,6H2,1-2H3. The van der Waals surface area contributed by atoms with Gasteiger partial charge < -0.3 is 4.57 Å². The molecule has 0 aliphatic heterocycles. The van der Waals surface area contributed by atoms with E-state index in [-0.39, 0.29) is 5.41 Å². The first-order valence-corrected chi connectivity index (χ1v) is 4.96. The molecule has 0 aliphatic carbocycles. The van der Waals surface area contributed by atoms with Crippen molar-refractivity contribution in [3.63, 3.8) is 0 Å². The van der Waals surface area contributed by atoms with Crippen molar-refractivity contribution in [1.29, 1.82) is 5.26 Å². The zero-order chi connectivity index (χ0) is 11.3. The van der Waals surface area contributed by atoms with Gasteiger partial charge in [-0.3, -0.25) is 4.79 Å². The number of carbonyl (C=O) groups is 1. The van der Waals surface area contributed by atoms with Gasteiger partial charge in [0.25, 0.3) is 0 Å². The Balaban J connectivity index is 2.45. The third-order valence-corrected chi connectivity index (χ3v) is 2.36. The Hall–Kier alpha value is -1.63. The molecule has 0 aliphatic rings. The van der Waals surface area contributed by atoms with Gasteiger partial charge in [-0.05, 0) is 26.7 Å². The topological polar surface area (TPSA) is 58.7 Å². The summed E-state index contributed by atoms with van der Waals surface area (Å²) in [5.74, 6) is 0.449. The van der Waals surface area contributed by atoms with Gasteiger partial charge in [0.2, 0.25) is 0 Å². The zero-order valence-electron chi connectivity index (χ0n) is 9.10. The average Bonchev–Trinajstić information content (AvgIpc) is 2.65. The van der Waals surface area contributed by atoms with Gasteiger partial charge in [-0.2, -0.15) is 5.26 Å². The highest BCUT2D eigenvalue weighted by atomic mass is 16.1. The van der Waals surface area contributed by atoms with Crippen molar-refractivity contribution in [2.24, 2.45) is 5.41 Å². The van der Waals surface area contributed by atoms with Gasteiger partial charge in [0.05, 0.1) is 11.5 Å². The molecule has 4 heteroatoms. The highest BCUT2D eigenvalue weighted by molar-refractivity contribution is 5.69. The van der Waals surface area contributed by atoms with E-state index in [1.165, 1.54) is 0 Å². The summed E-state index contributed by atoms with van der Waals surface area (Å²) in [6.45, 7) is 4.57. The number of carbonyl (C=O) groups excluding carboxylic acids is 1. The summed E-state index contributed by atoms with van der Waals surface area (Å²) in [4.78, 5) is 14.5. The van der Waals surface area contributed by atoms with Gasteiger partial charge in [0, 0.05) is 18.9 Å². The number of hydrogen-bond acceptors (Lipinski definition) is 3. The molecule has 80 valence electrons. The van der Waals surface area contributed by atoms with Crippen LogP contribution in [0.25, 0.3) is 0 Å². The van der Waals surface area contributed by atoms with Crippen molar-refractivity contribution in [1.82, 2.24) is 9.55 Å². The predicted molar refractivity (Wildman–Crippen MR) is 56.2 cm³/mol. The fourth-order valence-corrected chi connectivity index (χ4v) is 1.38. The van der Waals surface area contributed by atoms with E-state index in [1.54, 1.807) is 17.0 Å². The van der Waals surface area contributed by atoms with Crippen LogP contribution in [0.4, 0.5) is 0 Å². The summed E-state index contributed by atoms with van der Waals surface area (Å²) in [7, 11) is 0. The molecule has 0 atom stereocenters. The minimum atomic E-state index is -0.290. The largest absolute Gasteiger partial charge is 0.329 e. The van der Waals surface area contributed by atoms with Crippen molar-refractivity contribution >= 4 is 6.29 Å². The monoisotopic (exact) mass is 205 g/mol. The van der Waals surface area contributed by atoms with Crippen LogP contribution in [-0.4, -0.2) is 15.8 Å². The molecule has 0 bridgehead atoms. The maximum Gasteiger partial charge on any atom is 0.185 e. The summed E-state index contributed by atoms with van der Waals surface area (Å²) < 4.78 is 1.81. The van der Waals surface area contributed by atoms with E-state index in [1.807, 2.05) is 13.8 Å². The highest BCUT2D eigenvalue weighted by Gasteiger charge is 2.15. The Morgan fingerprint density at radius 2 is 2.40 bits per heavy atom. The maximum absolute atomic E-state index is 10.6. The second-order valence-electron chi connectivity index (χ2n) is 4.20. The fraction of sp³-hybridized carbons (Fsp3) is 0.545. The molecule has 15 heavy (non-hydrogen) atoms. The number of aryl methyl sites for hydroxylation is 1. The van der Waals surface area contributed by atoms with Gasteiger partial charge >= 0.3 is 0 Å². The Morgan fingerprint density at radius 3 is 3.00 bits per heavy atom. The molecular formula is C11H15N3O. The van der Waals surface area contributed by atoms with Crippen LogP contribution in [0.15, 0.2) is 12.4 Å². The number of aromatic nitrogens is 2. The number of nitrogens with zero attached hydrogens (tertiary/aromatic N) is 3. The van der Waals surface area contributed by atoms with Crippen molar-refractivity contribution < 1.29 is 4.79 Å².